The van der Waals surface area contributed by atoms with Crippen molar-refractivity contribution in [1.82, 2.24) is 10.5 Å². The predicted octanol–water partition coefficient (Wildman–Crippen LogP) is 2.32. The van der Waals surface area contributed by atoms with E-state index >= 15 is 0 Å². The molecule has 5 nitrogen and oxygen atoms in total. The summed E-state index contributed by atoms with van der Waals surface area (Å²) < 4.78 is 5.41. The van der Waals surface area contributed by atoms with Crippen molar-refractivity contribution in [3.8, 4) is 5.75 Å². The Morgan fingerprint density at radius 1 is 1.45 bits per heavy atom. The lowest BCUT2D eigenvalue weighted by molar-refractivity contribution is -0.0439. The maximum absolute atomic E-state index is 5.48. The second-order valence-electron chi connectivity index (χ2n) is 4.89. The third-order valence-electron chi connectivity index (χ3n) is 3.65. The average Bonchev–Trinajstić information content (AvgIpc) is 2.53. The van der Waals surface area contributed by atoms with Crippen molar-refractivity contribution in [3.63, 3.8) is 0 Å². The van der Waals surface area contributed by atoms with Crippen LogP contribution in [0.25, 0.3) is 10.9 Å². The molecule has 0 saturated carbocycles. The molecule has 2 aromatic rings. The van der Waals surface area contributed by atoms with E-state index in [1.807, 2.05) is 12.1 Å². The second kappa shape index (κ2) is 5.64. The van der Waals surface area contributed by atoms with Crippen LogP contribution in [0.1, 0.15) is 13.3 Å². The summed E-state index contributed by atoms with van der Waals surface area (Å²) in [6.45, 7) is 3.70. The molecule has 1 aliphatic rings. The highest BCUT2D eigenvalue weighted by Crippen LogP contribution is 2.28. The molecular formula is C15H19N3O2. The molecule has 0 spiro atoms. The minimum atomic E-state index is 0.218. The molecule has 1 saturated heterocycles. The number of fused-ring (bicyclic) bond motifs is 1. The molecule has 0 amide bonds. The standard InChI is InChI=1S/C15H19N3O2/c1-3-12-9-18(10-17-20-12)11-4-5-14-13(8-11)15(19-2)6-7-16-14/h4-8,12,17H,3,9-10H2,1-2H3. The minimum Gasteiger partial charge on any atom is -0.496 e. The van der Waals surface area contributed by atoms with E-state index in [9.17, 15) is 0 Å². The zero-order valence-electron chi connectivity index (χ0n) is 11.8. The summed E-state index contributed by atoms with van der Waals surface area (Å²) in [4.78, 5) is 12.1. The van der Waals surface area contributed by atoms with Gasteiger partial charge in [0.1, 0.15) is 5.75 Å². The van der Waals surface area contributed by atoms with E-state index in [-0.39, 0.29) is 6.10 Å². The maximum Gasteiger partial charge on any atom is 0.129 e. The van der Waals surface area contributed by atoms with Gasteiger partial charge >= 0.3 is 0 Å². The number of rotatable bonds is 3. The van der Waals surface area contributed by atoms with Crippen molar-refractivity contribution in [2.75, 3.05) is 25.2 Å². The van der Waals surface area contributed by atoms with E-state index in [0.29, 0.717) is 6.67 Å². The van der Waals surface area contributed by atoms with Crippen LogP contribution in [0.5, 0.6) is 5.75 Å². The van der Waals surface area contributed by atoms with Crippen LogP contribution in [0, 0.1) is 0 Å². The van der Waals surface area contributed by atoms with Gasteiger partial charge in [-0.2, -0.15) is 5.48 Å². The Labute approximate surface area is 118 Å². The smallest absolute Gasteiger partial charge is 0.129 e. The normalized spacial score (nSPS) is 19.3. The Morgan fingerprint density at radius 2 is 2.35 bits per heavy atom. The lowest BCUT2D eigenvalue weighted by atomic mass is 10.1. The summed E-state index contributed by atoms with van der Waals surface area (Å²) in [6, 6.07) is 8.14. The number of hydrogen-bond donors (Lipinski definition) is 1. The van der Waals surface area contributed by atoms with Crippen LogP contribution >= 0.6 is 0 Å². The van der Waals surface area contributed by atoms with E-state index in [4.69, 9.17) is 9.57 Å². The molecule has 1 atom stereocenters. The Hall–Kier alpha value is -1.85. The van der Waals surface area contributed by atoms with Gasteiger partial charge in [0, 0.05) is 23.8 Å². The SMILES string of the molecule is CCC1CN(c2ccc3nccc(OC)c3c2)CNO1. The first-order valence-corrected chi connectivity index (χ1v) is 6.88. The van der Waals surface area contributed by atoms with E-state index in [1.165, 1.54) is 0 Å². The number of ether oxygens (including phenoxy) is 1. The van der Waals surface area contributed by atoms with E-state index in [1.54, 1.807) is 13.3 Å². The lowest BCUT2D eigenvalue weighted by Crippen LogP contribution is -2.48. The maximum atomic E-state index is 5.48. The van der Waals surface area contributed by atoms with Gasteiger partial charge in [-0.25, -0.2) is 0 Å². The summed E-state index contributed by atoms with van der Waals surface area (Å²) in [7, 11) is 1.69. The van der Waals surface area contributed by atoms with Crippen LogP contribution in [0.4, 0.5) is 5.69 Å². The van der Waals surface area contributed by atoms with Crippen molar-refractivity contribution in [1.29, 1.82) is 0 Å². The van der Waals surface area contributed by atoms with Crippen molar-refractivity contribution in [2.45, 2.75) is 19.4 Å². The van der Waals surface area contributed by atoms with E-state index in [2.05, 4.69) is 34.4 Å². The molecule has 106 valence electrons. The number of hydroxylamine groups is 1. The molecule has 5 heteroatoms. The average molecular weight is 273 g/mol. The molecule has 1 unspecified atom stereocenters. The van der Waals surface area contributed by atoms with Crippen molar-refractivity contribution in [2.24, 2.45) is 0 Å². The molecule has 0 aliphatic carbocycles. The van der Waals surface area contributed by atoms with E-state index in [0.717, 1.165) is 35.3 Å². The third kappa shape index (κ3) is 2.42. The highest BCUT2D eigenvalue weighted by atomic mass is 16.7. The van der Waals surface area contributed by atoms with Crippen LogP contribution in [0.2, 0.25) is 0 Å². The molecule has 1 aromatic heterocycles. The van der Waals surface area contributed by atoms with Crippen LogP contribution in [-0.4, -0.2) is 31.4 Å². The van der Waals surface area contributed by atoms with Crippen LogP contribution in [0.15, 0.2) is 30.5 Å². The summed E-state index contributed by atoms with van der Waals surface area (Å²) in [6.07, 6.45) is 2.97. The first kappa shape index (κ1) is 13.1. The molecule has 1 aliphatic heterocycles. The number of nitrogens with zero attached hydrogens (tertiary/aromatic N) is 2. The van der Waals surface area contributed by atoms with Crippen LogP contribution in [0.3, 0.4) is 0 Å². The molecule has 3 rings (SSSR count). The number of anilines is 1. The molecule has 2 heterocycles. The number of methoxy groups -OCH3 is 1. The van der Waals surface area contributed by atoms with Crippen molar-refractivity contribution in [3.05, 3.63) is 30.5 Å². The van der Waals surface area contributed by atoms with Gasteiger partial charge in [-0.1, -0.05) is 6.92 Å². The summed E-state index contributed by atoms with van der Waals surface area (Å²) >= 11 is 0. The first-order valence-electron chi connectivity index (χ1n) is 6.88. The summed E-state index contributed by atoms with van der Waals surface area (Å²) in [5.41, 5.74) is 5.09. The van der Waals surface area contributed by atoms with Crippen LogP contribution in [-0.2, 0) is 4.84 Å². The number of nitrogens with one attached hydrogen (secondary N) is 1. The van der Waals surface area contributed by atoms with Crippen molar-refractivity contribution >= 4 is 16.6 Å². The molecule has 0 radical (unpaired) electrons. The molecule has 20 heavy (non-hydrogen) atoms. The van der Waals surface area contributed by atoms with Gasteiger partial charge in [0.15, 0.2) is 0 Å². The molecule has 1 fully saturated rings. The molecule has 0 bridgehead atoms. The van der Waals surface area contributed by atoms with Gasteiger partial charge in [0.2, 0.25) is 0 Å². The fourth-order valence-electron chi connectivity index (χ4n) is 2.47. The lowest BCUT2D eigenvalue weighted by Gasteiger charge is -2.34. The number of hydrogen-bond acceptors (Lipinski definition) is 5. The Morgan fingerprint density at radius 3 is 3.15 bits per heavy atom. The number of benzene rings is 1. The van der Waals surface area contributed by atoms with Crippen LogP contribution < -0.4 is 15.1 Å². The predicted molar refractivity (Wildman–Crippen MR) is 78.8 cm³/mol. The van der Waals surface area contributed by atoms with Gasteiger partial charge < -0.3 is 9.64 Å². The minimum absolute atomic E-state index is 0.218. The number of aromatic nitrogens is 1. The fourth-order valence-corrected chi connectivity index (χ4v) is 2.47. The molecular weight excluding hydrogens is 254 g/mol. The molecule has 1 N–H and O–H groups in total. The zero-order chi connectivity index (χ0) is 13.9. The fraction of sp³-hybridized carbons (Fsp3) is 0.400. The largest absolute Gasteiger partial charge is 0.496 e. The second-order valence-corrected chi connectivity index (χ2v) is 4.89. The van der Waals surface area contributed by atoms with Gasteiger partial charge in [-0.15, -0.1) is 0 Å². The van der Waals surface area contributed by atoms with Gasteiger partial charge in [-0.05, 0) is 30.7 Å². The highest BCUT2D eigenvalue weighted by Gasteiger charge is 2.19. The van der Waals surface area contributed by atoms with Gasteiger partial charge in [0.25, 0.3) is 0 Å². The quantitative estimate of drug-likeness (QED) is 0.930. The highest BCUT2D eigenvalue weighted by molar-refractivity contribution is 5.88. The topological polar surface area (TPSA) is 46.6 Å². The summed E-state index contributed by atoms with van der Waals surface area (Å²) in [5, 5.41) is 1.03. The Bertz CT molecular complexity index is 603. The van der Waals surface area contributed by atoms with E-state index < -0.39 is 0 Å². The molecule has 1 aromatic carbocycles. The Kier molecular flexibility index (Phi) is 3.71. The monoisotopic (exact) mass is 273 g/mol. The summed E-state index contributed by atoms with van der Waals surface area (Å²) in [5.74, 6) is 0.852. The zero-order valence-corrected chi connectivity index (χ0v) is 11.8. The third-order valence-corrected chi connectivity index (χ3v) is 3.65. The van der Waals surface area contributed by atoms with Gasteiger partial charge in [0.05, 0.1) is 25.4 Å². The first-order chi connectivity index (χ1) is 9.81. The Balaban J connectivity index is 1.95. The number of pyridine rings is 1. The van der Waals surface area contributed by atoms with Gasteiger partial charge in [-0.3, -0.25) is 9.82 Å². The van der Waals surface area contributed by atoms with Crippen molar-refractivity contribution < 1.29 is 9.57 Å².